The van der Waals surface area contributed by atoms with E-state index in [0.717, 1.165) is 0 Å². The quantitative estimate of drug-likeness (QED) is 0.723. The fourth-order valence-electron chi connectivity index (χ4n) is 2.55. The first kappa shape index (κ1) is 12.9. The minimum Gasteiger partial charge on any atom is -0.481 e. The Labute approximate surface area is 105 Å². The molecule has 2 aliphatic rings. The van der Waals surface area contributed by atoms with E-state index in [0.29, 0.717) is 19.5 Å². The normalized spacial score (nSPS) is 31.2. The van der Waals surface area contributed by atoms with Crippen LogP contribution in [0.25, 0.3) is 0 Å². The van der Waals surface area contributed by atoms with Gasteiger partial charge in [-0.25, -0.2) is 0 Å². The molecule has 1 saturated carbocycles. The summed E-state index contributed by atoms with van der Waals surface area (Å²) in [5.41, 5.74) is 0. The van der Waals surface area contributed by atoms with Crippen LogP contribution < -0.4 is 5.32 Å². The summed E-state index contributed by atoms with van der Waals surface area (Å²) >= 11 is 0. The number of rotatable bonds is 3. The van der Waals surface area contributed by atoms with Gasteiger partial charge in [0.2, 0.25) is 11.8 Å². The molecule has 2 fully saturated rings. The number of hydrogen-bond acceptors (Lipinski definition) is 3. The minimum absolute atomic E-state index is 0.0243. The van der Waals surface area contributed by atoms with E-state index in [1.165, 1.54) is 0 Å². The first-order chi connectivity index (χ1) is 8.43. The van der Waals surface area contributed by atoms with Gasteiger partial charge in [-0.3, -0.25) is 14.4 Å². The Hall–Kier alpha value is -1.59. The molecule has 2 N–H and O–H groups in total. The van der Waals surface area contributed by atoms with Crippen molar-refractivity contribution in [3.05, 3.63) is 0 Å². The highest BCUT2D eigenvalue weighted by atomic mass is 16.4. The van der Waals surface area contributed by atoms with Crippen molar-refractivity contribution in [1.82, 2.24) is 10.2 Å². The largest absolute Gasteiger partial charge is 0.481 e. The van der Waals surface area contributed by atoms with Crippen LogP contribution in [-0.4, -0.2) is 46.9 Å². The van der Waals surface area contributed by atoms with Crippen LogP contribution in [0.4, 0.5) is 0 Å². The highest BCUT2D eigenvalue weighted by Gasteiger charge is 2.51. The molecule has 0 bridgehead atoms. The van der Waals surface area contributed by atoms with Gasteiger partial charge in [-0.2, -0.15) is 0 Å². The molecule has 3 unspecified atom stereocenters. The monoisotopic (exact) mass is 254 g/mol. The van der Waals surface area contributed by atoms with Crippen LogP contribution in [0, 0.1) is 17.8 Å². The van der Waals surface area contributed by atoms with E-state index in [2.05, 4.69) is 5.32 Å². The summed E-state index contributed by atoms with van der Waals surface area (Å²) in [5, 5.41) is 11.6. The zero-order valence-corrected chi connectivity index (χ0v) is 10.5. The molecule has 6 heteroatoms. The van der Waals surface area contributed by atoms with Gasteiger partial charge >= 0.3 is 5.97 Å². The minimum atomic E-state index is -0.920. The zero-order chi connectivity index (χ0) is 13.4. The van der Waals surface area contributed by atoms with Gasteiger partial charge in [0, 0.05) is 13.1 Å². The number of nitrogens with zero attached hydrogens (tertiary/aromatic N) is 1. The van der Waals surface area contributed by atoms with Crippen LogP contribution in [0.5, 0.6) is 0 Å². The van der Waals surface area contributed by atoms with Crippen molar-refractivity contribution in [1.29, 1.82) is 0 Å². The number of carbonyl (C=O) groups is 3. The molecule has 0 radical (unpaired) electrons. The average Bonchev–Trinajstić information content (AvgIpc) is 3.07. The van der Waals surface area contributed by atoms with Crippen LogP contribution >= 0.6 is 0 Å². The molecule has 0 spiro atoms. The maximum Gasteiger partial charge on any atom is 0.307 e. The van der Waals surface area contributed by atoms with Crippen LogP contribution in [0.1, 0.15) is 20.3 Å². The standard InChI is InChI=1S/C12H18N2O4/c1-6(2)9-10(15)13-3-4-14(9)11(16)7-5-8(7)12(17)18/h6-9H,3-5H2,1-2H3,(H,13,15)(H,17,18). The molecule has 0 aromatic rings. The van der Waals surface area contributed by atoms with Gasteiger partial charge in [0.1, 0.15) is 6.04 Å². The van der Waals surface area contributed by atoms with E-state index in [9.17, 15) is 14.4 Å². The van der Waals surface area contributed by atoms with Crippen LogP contribution in [-0.2, 0) is 14.4 Å². The summed E-state index contributed by atoms with van der Waals surface area (Å²) in [4.78, 5) is 36.3. The lowest BCUT2D eigenvalue weighted by molar-refractivity contribution is -0.147. The maximum absolute atomic E-state index is 12.2. The van der Waals surface area contributed by atoms with E-state index >= 15 is 0 Å². The number of nitrogens with one attached hydrogen (secondary N) is 1. The Balaban J connectivity index is 2.09. The number of aliphatic carboxylic acids is 1. The van der Waals surface area contributed by atoms with Crippen molar-refractivity contribution in [2.75, 3.05) is 13.1 Å². The van der Waals surface area contributed by atoms with Gasteiger partial charge in [-0.05, 0) is 12.3 Å². The Morgan fingerprint density at radius 1 is 1.39 bits per heavy atom. The number of hydrogen-bond donors (Lipinski definition) is 2. The highest BCUT2D eigenvalue weighted by Crippen LogP contribution is 2.40. The second kappa shape index (κ2) is 4.59. The molecule has 2 amide bonds. The Kier molecular flexibility index (Phi) is 3.28. The SMILES string of the molecule is CC(C)C1C(=O)NCCN1C(=O)C1CC1C(=O)O. The lowest BCUT2D eigenvalue weighted by atomic mass is 9.99. The fraction of sp³-hybridized carbons (Fsp3) is 0.750. The number of carboxylic acids is 1. The Bertz CT molecular complexity index is 394. The summed E-state index contributed by atoms with van der Waals surface area (Å²) < 4.78 is 0. The Morgan fingerprint density at radius 2 is 2.06 bits per heavy atom. The fourth-order valence-corrected chi connectivity index (χ4v) is 2.55. The predicted octanol–water partition coefficient (Wildman–Crippen LogP) is -0.310. The molecule has 1 heterocycles. The van der Waals surface area contributed by atoms with Crippen molar-refractivity contribution >= 4 is 17.8 Å². The average molecular weight is 254 g/mol. The first-order valence-electron chi connectivity index (χ1n) is 6.24. The van der Waals surface area contributed by atoms with E-state index in [1.807, 2.05) is 13.8 Å². The summed E-state index contributed by atoms with van der Waals surface area (Å²) in [7, 11) is 0. The molecule has 1 aliphatic carbocycles. The van der Waals surface area contributed by atoms with Crippen molar-refractivity contribution < 1.29 is 19.5 Å². The molecule has 100 valence electrons. The van der Waals surface area contributed by atoms with Gasteiger partial charge < -0.3 is 15.3 Å². The summed E-state index contributed by atoms with van der Waals surface area (Å²) in [6, 6.07) is -0.471. The number of carboxylic acid groups (broad SMARTS) is 1. The molecule has 1 aliphatic heterocycles. The second-order valence-corrected chi connectivity index (χ2v) is 5.30. The van der Waals surface area contributed by atoms with Gasteiger partial charge in [0.15, 0.2) is 0 Å². The predicted molar refractivity (Wildman–Crippen MR) is 62.6 cm³/mol. The molecule has 0 aromatic heterocycles. The number of amides is 2. The van der Waals surface area contributed by atoms with Gasteiger partial charge in [-0.15, -0.1) is 0 Å². The lowest BCUT2D eigenvalue weighted by Crippen LogP contribution is -2.59. The molecule has 3 atom stereocenters. The van der Waals surface area contributed by atoms with Crippen molar-refractivity contribution in [3.63, 3.8) is 0 Å². The molecule has 0 aromatic carbocycles. The third-order valence-electron chi connectivity index (χ3n) is 3.60. The highest BCUT2D eigenvalue weighted by molar-refractivity contribution is 5.94. The zero-order valence-electron chi connectivity index (χ0n) is 10.5. The second-order valence-electron chi connectivity index (χ2n) is 5.30. The van der Waals surface area contributed by atoms with E-state index in [-0.39, 0.29) is 17.7 Å². The first-order valence-corrected chi connectivity index (χ1v) is 6.24. The topological polar surface area (TPSA) is 86.7 Å². The van der Waals surface area contributed by atoms with E-state index < -0.39 is 23.8 Å². The van der Waals surface area contributed by atoms with E-state index in [4.69, 9.17) is 5.11 Å². The molecular weight excluding hydrogens is 236 g/mol. The summed E-state index contributed by atoms with van der Waals surface area (Å²) in [6.45, 7) is 4.68. The van der Waals surface area contributed by atoms with Gasteiger partial charge in [-0.1, -0.05) is 13.8 Å². The molecule has 1 saturated heterocycles. The summed E-state index contributed by atoms with van der Waals surface area (Å²) in [6.07, 6.45) is 0.400. The smallest absolute Gasteiger partial charge is 0.307 e. The van der Waals surface area contributed by atoms with Crippen LogP contribution in [0.2, 0.25) is 0 Å². The third kappa shape index (κ3) is 2.19. The van der Waals surface area contributed by atoms with Crippen molar-refractivity contribution in [3.8, 4) is 0 Å². The lowest BCUT2D eigenvalue weighted by Gasteiger charge is -2.37. The number of carbonyl (C=O) groups excluding carboxylic acids is 2. The summed E-state index contributed by atoms with van der Waals surface area (Å²) in [5.74, 6) is -2.22. The van der Waals surface area contributed by atoms with Crippen molar-refractivity contribution in [2.24, 2.45) is 17.8 Å². The molecule has 6 nitrogen and oxygen atoms in total. The maximum atomic E-state index is 12.2. The van der Waals surface area contributed by atoms with Gasteiger partial charge in [0.05, 0.1) is 11.8 Å². The molecule has 18 heavy (non-hydrogen) atoms. The van der Waals surface area contributed by atoms with Crippen LogP contribution in [0.15, 0.2) is 0 Å². The van der Waals surface area contributed by atoms with Crippen LogP contribution in [0.3, 0.4) is 0 Å². The molecule has 2 rings (SSSR count). The Morgan fingerprint density at radius 3 is 2.56 bits per heavy atom. The van der Waals surface area contributed by atoms with Crippen molar-refractivity contribution in [2.45, 2.75) is 26.3 Å². The van der Waals surface area contributed by atoms with E-state index in [1.54, 1.807) is 4.90 Å². The van der Waals surface area contributed by atoms with Gasteiger partial charge in [0.25, 0.3) is 0 Å². The third-order valence-corrected chi connectivity index (χ3v) is 3.60. The number of piperazine rings is 1. The molecular formula is C12H18N2O4.